The van der Waals surface area contributed by atoms with E-state index in [0.29, 0.717) is 19.4 Å². The maximum atomic E-state index is 13.7. The first-order valence-corrected chi connectivity index (χ1v) is 15.8. The summed E-state index contributed by atoms with van der Waals surface area (Å²) in [6.45, 7) is 9.30. The third kappa shape index (κ3) is 9.91. The highest BCUT2D eigenvalue weighted by atomic mass is 32.2. The van der Waals surface area contributed by atoms with Crippen molar-refractivity contribution >= 4 is 16.1 Å². The van der Waals surface area contributed by atoms with Crippen LogP contribution in [0.1, 0.15) is 45.6 Å². The van der Waals surface area contributed by atoms with Crippen LogP contribution in [0.5, 0.6) is 0 Å². The average molecular weight is 618 g/mol. The molecule has 3 rings (SSSR count). The largest absolute Gasteiger partial charge is 0.508 e. The Morgan fingerprint density at radius 3 is 2.70 bits per heavy atom. The fraction of sp³-hybridized carbons (Fsp3) is 0.548. The summed E-state index contributed by atoms with van der Waals surface area (Å²) in [5.41, 5.74) is 0.194. The molecule has 1 aromatic rings. The van der Waals surface area contributed by atoms with E-state index in [9.17, 15) is 23.4 Å². The Labute approximate surface area is 254 Å². The monoisotopic (exact) mass is 617 g/mol. The molecule has 0 spiro atoms. The lowest BCUT2D eigenvalue weighted by Crippen LogP contribution is -2.52. The lowest BCUT2D eigenvalue weighted by Gasteiger charge is -2.35. The van der Waals surface area contributed by atoms with E-state index in [2.05, 4.69) is 18.0 Å². The zero-order chi connectivity index (χ0) is 31.6. The molecule has 2 saturated heterocycles. The molecule has 0 aromatic heterocycles. The molecule has 3 N–H and O–H groups in total. The lowest BCUT2D eigenvalue weighted by atomic mass is 9.88. The minimum atomic E-state index is -4.23. The predicted molar refractivity (Wildman–Crippen MR) is 161 cm³/mol. The van der Waals surface area contributed by atoms with Gasteiger partial charge in [-0.25, -0.2) is 13.2 Å². The van der Waals surface area contributed by atoms with Crippen LogP contribution in [0.15, 0.2) is 65.8 Å². The van der Waals surface area contributed by atoms with Crippen molar-refractivity contribution in [3.05, 3.63) is 71.4 Å². The summed E-state index contributed by atoms with van der Waals surface area (Å²) in [4.78, 5) is 12.8. The fourth-order valence-electron chi connectivity index (χ4n) is 5.08. The van der Waals surface area contributed by atoms with E-state index in [1.807, 2.05) is 44.2 Å². The van der Waals surface area contributed by atoms with Crippen LogP contribution in [0.4, 0.5) is 4.79 Å². The van der Waals surface area contributed by atoms with Crippen molar-refractivity contribution in [1.29, 1.82) is 5.26 Å². The number of alkyl carbamates (subject to hydrolysis) is 1. The molecule has 0 radical (unpaired) electrons. The molecule has 1 aromatic carbocycles. The van der Waals surface area contributed by atoms with Crippen molar-refractivity contribution < 1.29 is 37.6 Å². The quantitative estimate of drug-likeness (QED) is 0.196. The SMILES string of the molecule is C=C(/C=C\C(O)=C/C)S(=O)(=O)N(C[C@@H](O)[C@H](Cc1ccccc1)NC(=O)O[C@H]1CO[C@H]2OCC[C@H]21)CC(C)(C)CCC#N. The van der Waals surface area contributed by atoms with E-state index in [1.54, 1.807) is 6.92 Å². The van der Waals surface area contributed by atoms with Crippen molar-refractivity contribution in [1.82, 2.24) is 9.62 Å². The summed E-state index contributed by atoms with van der Waals surface area (Å²) >= 11 is 0. The number of amides is 1. The number of carbonyl (C=O) groups is 1. The van der Waals surface area contributed by atoms with Crippen LogP contribution in [-0.2, 0) is 30.7 Å². The molecule has 12 heteroatoms. The summed E-state index contributed by atoms with van der Waals surface area (Å²) in [7, 11) is -4.23. The molecule has 0 saturated carbocycles. The zero-order valence-electron chi connectivity index (χ0n) is 25.0. The molecule has 2 aliphatic heterocycles. The molecule has 2 heterocycles. The molecule has 11 nitrogen and oxygen atoms in total. The van der Waals surface area contributed by atoms with Gasteiger partial charge in [0.2, 0.25) is 10.0 Å². The number of rotatable bonds is 15. The molecule has 2 fully saturated rings. The number of benzene rings is 1. The Kier molecular flexibility index (Phi) is 12.4. The first-order chi connectivity index (χ1) is 20.4. The number of allylic oxidation sites excluding steroid dienone is 3. The molecule has 5 atom stereocenters. The van der Waals surface area contributed by atoms with Gasteiger partial charge < -0.3 is 29.7 Å². The number of ether oxygens (including phenoxy) is 3. The van der Waals surface area contributed by atoms with Crippen LogP contribution in [-0.4, -0.2) is 79.9 Å². The Bertz CT molecular complexity index is 1310. The van der Waals surface area contributed by atoms with Crippen molar-refractivity contribution in [2.45, 2.75) is 71.0 Å². The number of hydrogen-bond acceptors (Lipinski definition) is 9. The number of nitriles is 1. The second-order valence-electron chi connectivity index (χ2n) is 11.6. The van der Waals surface area contributed by atoms with Crippen molar-refractivity contribution in [2.24, 2.45) is 11.3 Å². The normalized spacial score (nSPS) is 22.2. The number of carbonyl (C=O) groups excluding carboxylic acids is 1. The van der Waals surface area contributed by atoms with E-state index >= 15 is 0 Å². The van der Waals surface area contributed by atoms with Gasteiger partial charge in [0.15, 0.2) is 6.29 Å². The molecule has 1 amide bonds. The van der Waals surface area contributed by atoms with E-state index < -0.39 is 46.1 Å². The van der Waals surface area contributed by atoms with Gasteiger partial charge in [0.05, 0.1) is 42.3 Å². The minimum Gasteiger partial charge on any atom is -0.508 e. The number of nitrogens with one attached hydrogen (secondary N) is 1. The topological polar surface area (TPSA) is 158 Å². The molecule has 0 unspecified atom stereocenters. The maximum absolute atomic E-state index is 13.7. The van der Waals surface area contributed by atoms with Gasteiger partial charge in [-0.3, -0.25) is 0 Å². The second-order valence-corrected chi connectivity index (χ2v) is 13.6. The Morgan fingerprint density at radius 1 is 1.30 bits per heavy atom. The van der Waals surface area contributed by atoms with Gasteiger partial charge in [-0.1, -0.05) is 50.8 Å². The number of sulfonamides is 1. The van der Waals surface area contributed by atoms with Gasteiger partial charge >= 0.3 is 6.09 Å². The van der Waals surface area contributed by atoms with Crippen LogP contribution in [0, 0.1) is 22.7 Å². The predicted octanol–water partition coefficient (Wildman–Crippen LogP) is 3.94. The number of hydrogen-bond donors (Lipinski definition) is 3. The van der Waals surface area contributed by atoms with Crippen molar-refractivity contribution in [3.63, 3.8) is 0 Å². The standard InChI is InChI=1S/C31H43N3O8S/c1-5-24(35)13-12-22(2)43(38,39)34(21-31(3,4)15-9-16-32)19-27(36)26(18-23-10-7-6-8-11-23)33-30(37)42-28-20-41-29-25(28)14-17-40-29/h5-8,10-13,25-29,35-36H,2,9,14-15,17-21H2,1,3-4H3,(H,33,37)/b13-12-,24-5+/t25-,26-,27+,28-,29+/m0/s1. The summed E-state index contributed by atoms with van der Waals surface area (Å²) in [6, 6.07) is 10.4. The molecular weight excluding hydrogens is 574 g/mol. The highest BCUT2D eigenvalue weighted by Gasteiger charge is 2.44. The van der Waals surface area contributed by atoms with E-state index in [-0.39, 0.29) is 49.1 Å². The van der Waals surface area contributed by atoms with Gasteiger partial charge in [-0.05, 0) is 55.4 Å². The Hall–Kier alpha value is -3.21. The van der Waals surface area contributed by atoms with E-state index in [0.717, 1.165) is 9.87 Å². The molecule has 236 valence electrons. The van der Waals surface area contributed by atoms with E-state index in [4.69, 9.17) is 19.5 Å². The number of aliphatic hydroxyl groups is 2. The third-order valence-corrected chi connectivity index (χ3v) is 9.38. The highest BCUT2D eigenvalue weighted by Crippen LogP contribution is 2.33. The first kappa shape index (κ1) is 34.3. The Balaban J connectivity index is 1.84. The maximum Gasteiger partial charge on any atom is 0.407 e. The third-order valence-electron chi connectivity index (χ3n) is 7.63. The smallest absolute Gasteiger partial charge is 0.407 e. The first-order valence-electron chi connectivity index (χ1n) is 14.4. The molecule has 0 bridgehead atoms. The van der Waals surface area contributed by atoms with Crippen LogP contribution in [0.25, 0.3) is 0 Å². The van der Waals surface area contributed by atoms with Crippen molar-refractivity contribution in [3.8, 4) is 6.07 Å². The second kappa shape index (κ2) is 15.5. The molecule has 0 aliphatic carbocycles. The lowest BCUT2D eigenvalue weighted by molar-refractivity contribution is -0.0907. The summed E-state index contributed by atoms with van der Waals surface area (Å²) in [5, 5.41) is 33.1. The van der Waals surface area contributed by atoms with Crippen LogP contribution in [0.2, 0.25) is 0 Å². The molecular formula is C31H43N3O8S. The van der Waals surface area contributed by atoms with Gasteiger partial charge in [0, 0.05) is 19.5 Å². The molecule has 43 heavy (non-hydrogen) atoms. The summed E-state index contributed by atoms with van der Waals surface area (Å²) in [6.07, 6.45) is 2.36. The molecule has 2 aliphatic rings. The number of nitrogens with zero attached hydrogens (tertiary/aromatic N) is 2. The van der Waals surface area contributed by atoms with Gasteiger partial charge in [-0.2, -0.15) is 9.57 Å². The Morgan fingerprint density at radius 2 is 2.02 bits per heavy atom. The minimum absolute atomic E-state index is 0.0263. The van der Waals surface area contributed by atoms with Gasteiger partial charge in [0.1, 0.15) is 11.9 Å². The van der Waals surface area contributed by atoms with E-state index in [1.165, 1.54) is 18.2 Å². The van der Waals surface area contributed by atoms with Crippen molar-refractivity contribution in [2.75, 3.05) is 26.3 Å². The van der Waals surface area contributed by atoms with Crippen LogP contribution in [0.3, 0.4) is 0 Å². The van der Waals surface area contributed by atoms with Gasteiger partial charge in [-0.15, -0.1) is 0 Å². The summed E-state index contributed by atoms with van der Waals surface area (Å²) in [5.74, 6) is -0.202. The average Bonchev–Trinajstić information content (AvgIpc) is 3.59. The zero-order valence-corrected chi connectivity index (χ0v) is 25.8. The number of fused-ring (bicyclic) bond motifs is 1. The van der Waals surface area contributed by atoms with Gasteiger partial charge in [0.25, 0.3) is 0 Å². The number of aliphatic hydroxyl groups excluding tert-OH is 2. The highest BCUT2D eigenvalue weighted by molar-refractivity contribution is 7.93. The summed E-state index contributed by atoms with van der Waals surface area (Å²) < 4.78 is 45.3. The van der Waals surface area contributed by atoms with Crippen LogP contribution < -0.4 is 5.32 Å². The van der Waals surface area contributed by atoms with Crippen LogP contribution >= 0.6 is 0 Å². The fourth-order valence-corrected chi connectivity index (χ4v) is 6.52.